The van der Waals surface area contributed by atoms with E-state index in [-0.39, 0.29) is 46.6 Å². The Bertz CT molecular complexity index is 1680. The number of benzene rings is 3. The first-order valence-corrected chi connectivity index (χ1v) is 15.5. The van der Waals surface area contributed by atoms with E-state index < -0.39 is 82.6 Å². The molecule has 6 atom stereocenters. The predicted molar refractivity (Wildman–Crippen MR) is 162 cm³/mol. The Morgan fingerprint density at radius 3 is 2.44 bits per heavy atom. The van der Waals surface area contributed by atoms with Crippen LogP contribution in [-0.4, -0.2) is 80.8 Å². The number of phenols is 2. The monoisotopic (exact) mass is 635 g/mol. The molecular formula is C33H33NO10S. The highest BCUT2D eigenvalue weighted by atomic mass is 32.2. The number of aliphatic hydroxyl groups excluding tert-OH is 1. The summed E-state index contributed by atoms with van der Waals surface area (Å²) in [7, 11) is 1.34. The first-order valence-electron chi connectivity index (χ1n) is 14.5. The lowest BCUT2D eigenvalue weighted by Crippen LogP contribution is -2.52. The average Bonchev–Trinajstić information content (AvgIpc) is 3.02. The fourth-order valence-electron chi connectivity index (χ4n) is 6.40. The van der Waals surface area contributed by atoms with Crippen LogP contribution in [0.2, 0.25) is 0 Å². The SMILES string of the molecule is COc1cccc2c1C(=O)c1c(O)c3c(c(O)c1C2=O)C[C@@](O)(C(=O)CSc1ccccc1)C[C@@H]3O[C@H]1C[C@H](N)[C@H](O)[C@H](C)O1. The van der Waals surface area contributed by atoms with E-state index in [2.05, 4.69) is 0 Å². The molecule has 1 saturated heterocycles. The number of nitrogens with two attached hydrogens (primary N) is 1. The predicted octanol–water partition coefficient (Wildman–Crippen LogP) is 2.80. The zero-order chi connectivity index (χ0) is 32.2. The molecule has 0 bridgehead atoms. The number of Topliss-reactive ketones (excluding diaryl/α,β-unsaturated/α-hetero) is 1. The van der Waals surface area contributed by atoms with Gasteiger partial charge in [-0.2, -0.15) is 0 Å². The summed E-state index contributed by atoms with van der Waals surface area (Å²) in [6.45, 7) is 1.62. The van der Waals surface area contributed by atoms with E-state index in [0.29, 0.717) is 0 Å². The molecule has 1 aliphatic heterocycles. The molecule has 1 fully saturated rings. The van der Waals surface area contributed by atoms with Crippen molar-refractivity contribution in [2.24, 2.45) is 5.73 Å². The first kappa shape index (κ1) is 31.2. The largest absolute Gasteiger partial charge is 0.507 e. The molecule has 0 saturated carbocycles. The number of carbonyl (C=O) groups excluding carboxylic acids is 3. The van der Waals surface area contributed by atoms with Gasteiger partial charge in [-0.15, -0.1) is 11.8 Å². The Hall–Kier alpha value is -3.78. The molecule has 3 aromatic rings. The molecule has 236 valence electrons. The minimum Gasteiger partial charge on any atom is -0.507 e. The second-order valence-electron chi connectivity index (χ2n) is 11.6. The highest BCUT2D eigenvalue weighted by Crippen LogP contribution is 2.52. The average molecular weight is 636 g/mol. The number of methoxy groups -OCH3 is 1. The molecule has 3 aromatic carbocycles. The molecule has 12 heteroatoms. The number of ether oxygens (including phenoxy) is 3. The molecule has 0 unspecified atom stereocenters. The summed E-state index contributed by atoms with van der Waals surface area (Å²) < 4.78 is 17.4. The number of rotatable bonds is 7. The number of fused-ring (bicyclic) bond motifs is 3. The molecule has 11 nitrogen and oxygen atoms in total. The van der Waals surface area contributed by atoms with E-state index in [0.717, 1.165) is 4.90 Å². The molecule has 6 N–H and O–H groups in total. The Morgan fingerprint density at radius 1 is 1.04 bits per heavy atom. The molecule has 0 amide bonds. The maximum absolute atomic E-state index is 13.8. The normalized spacial score (nSPS) is 27.4. The second-order valence-corrected chi connectivity index (χ2v) is 12.7. The number of ketones is 3. The second kappa shape index (κ2) is 11.9. The van der Waals surface area contributed by atoms with Crippen molar-refractivity contribution in [3.05, 3.63) is 81.9 Å². The van der Waals surface area contributed by atoms with Gasteiger partial charge >= 0.3 is 0 Å². The molecule has 45 heavy (non-hydrogen) atoms. The third-order valence-corrected chi connectivity index (χ3v) is 9.79. The van der Waals surface area contributed by atoms with Crippen LogP contribution in [0.15, 0.2) is 53.4 Å². The van der Waals surface area contributed by atoms with Crippen LogP contribution in [-0.2, 0) is 20.7 Å². The fourth-order valence-corrected chi connectivity index (χ4v) is 7.32. The maximum atomic E-state index is 13.8. The van der Waals surface area contributed by atoms with E-state index in [1.54, 1.807) is 6.92 Å². The summed E-state index contributed by atoms with van der Waals surface area (Å²) in [5, 5.41) is 45.5. The number of hydrogen-bond acceptors (Lipinski definition) is 12. The van der Waals surface area contributed by atoms with Gasteiger partial charge in [0.25, 0.3) is 0 Å². The van der Waals surface area contributed by atoms with Crippen LogP contribution in [0.3, 0.4) is 0 Å². The van der Waals surface area contributed by atoms with Gasteiger partial charge < -0.3 is 40.4 Å². The van der Waals surface area contributed by atoms with Gasteiger partial charge in [0, 0.05) is 46.9 Å². The third-order valence-electron chi connectivity index (χ3n) is 8.77. The van der Waals surface area contributed by atoms with Gasteiger partial charge in [0.05, 0.1) is 47.9 Å². The molecular weight excluding hydrogens is 602 g/mol. The van der Waals surface area contributed by atoms with Crippen LogP contribution >= 0.6 is 11.8 Å². The van der Waals surface area contributed by atoms with Gasteiger partial charge in [-0.25, -0.2) is 0 Å². The number of aliphatic hydroxyl groups is 2. The topological polar surface area (TPSA) is 186 Å². The molecule has 1 heterocycles. The lowest BCUT2D eigenvalue weighted by atomic mass is 9.72. The highest BCUT2D eigenvalue weighted by molar-refractivity contribution is 8.00. The van der Waals surface area contributed by atoms with Crippen molar-refractivity contribution in [3.8, 4) is 17.2 Å². The third kappa shape index (κ3) is 5.31. The van der Waals surface area contributed by atoms with E-state index in [1.807, 2.05) is 30.3 Å². The van der Waals surface area contributed by atoms with Crippen LogP contribution in [0.1, 0.15) is 68.8 Å². The van der Waals surface area contributed by atoms with Crippen molar-refractivity contribution in [3.63, 3.8) is 0 Å². The standard InChI is InChI=1S/C33H33NO10S/c1-15-28(36)19(34)11-23(43-15)44-21-13-33(41,22(35)14-45-16-7-4-3-5-8-16)12-18-25(21)32(40)27-26(30(18)38)29(37)17-9-6-10-20(42-2)24(17)31(27)39/h3-10,15,19,21,23,28,36,38,40-41H,11-14,34H2,1-2H3/t15-,19-,21-,23-,28+,33-/m0/s1. The van der Waals surface area contributed by atoms with Crippen LogP contribution in [0.4, 0.5) is 0 Å². The van der Waals surface area contributed by atoms with Crippen molar-refractivity contribution in [2.75, 3.05) is 12.9 Å². The summed E-state index contributed by atoms with van der Waals surface area (Å²) in [5.74, 6) is -3.27. The smallest absolute Gasteiger partial charge is 0.202 e. The van der Waals surface area contributed by atoms with Gasteiger partial charge in [-0.1, -0.05) is 30.3 Å². The summed E-state index contributed by atoms with van der Waals surface area (Å²) in [6.07, 6.45) is -4.72. The van der Waals surface area contributed by atoms with E-state index in [4.69, 9.17) is 19.9 Å². The van der Waals surface area contributed by atoms with E-state index in [1.165, 1.54) is 37.1 Å². The van der Waals surface area contributed by atoms with Crippen molar-refractivity contribution in [1.29, 1.82) is 0 Å². The number of thioether (sulfide) groups is 1. The van der Waals surface area contributed by atoms with Gasteiger partial charge in [-0.3, -0.25) is 14.4 Å². The molecule has 2 aliphatic carbocycles. The van der Waals surface area contributed by atoms with Crippen LogP contribution in [0.5, 0.6) is 17.2 Å². The first-order chi connectivity index (χ1) is 21.4. The molecule has 3 aliphatic rings. The van der Waals surface area contributed by atoms with Crippen LogP contribution in [0, 0.1) is 0 Å². The highest BCUT2D eigenvalue weighted by Gasteiger charge is 2.50. The molecule has 0 aromatic heterocycles. The quantitative estimate of drug-likeness (QED) is 0.148. The Balaban J connectivity index is 1.45. The lowest BCUT2D eigenvalue weighted by Gasteiger charge is -2.42. The number of aromatic hydroxyl groups is 2. The van der Waals surface area contributed by atoms with Gasteiger partial charge in [0.1, 0.15) is 22.8 Å². The molecule has 6 rings (SSSR count). The number of hydrogen-bond donors (Lipinski definition) is 5. The van der Waals surface area contributed by atoms with Gasteiger partial charge in [-0.05, 0) is 25.1 Å². The van der Waals surface area contributed by atoms with Crippen molar-refractivity contribution in [1.82, 2.24) is 0 Å². The summed E-state index contributed by atoms with van der Waals surface area (Å²) >= 11 is 1.22. The molecule has 0 spiro atoms. The van der Waals surface area contributed by atoms with Gasteiger partial charge in [0.2, 0.25) is 5.78 Å². The zero-order valence-corrected chi connectivity index (χ0v) is 25.4. The Labute approximate surface area is 262 Å². The van der Waals surface area contributed by atoms with Crippen molar-refractivity contribution in [2.45, 2.75) is 67.3 Å². The van der Waals surface area contributed by atoms with Crippen molar-refractivity contribution < 1.29 is 49.0 Å². The number of carbonyl (C=O) groups is 3. The summed E-state index contributed by atoms with van der Waals surface area (Å²) in [5.41, 5.74) is 2.95. The summed E-state index contributed by atoms with van der Waals surface area (Å²) in [6, 6.07) is 12.9. The summed E-state index contributed by atoms with van der Waals surface area (Å²) in [4.78, 5) is 42.0. The lowest BCUT2D eigenvalue weighted by molar-refractivity contribution is -0.247. The zero-order valence-electron chi connectivity index (χ0n) is 24.6. The fraction of sp³-hybridized carbons (Fsp3) is 0.364. The minimum absolute atomic E-state index is 0.0205. The Kier molecular flexibility index (Phi) is 8.23. The number of phenolic OH excluding ortho intramolecular Hbond substituents is 2. The van der Waals surface area contributed by atoms with E-state index >= 15 is 0 Å². The molecule has 0 radical (unpaired) electrons. The van der Waals surface area contributed by atoms with Crippen molar-refractivity contribution >= 4 is 29.1 Å². The van der Waals surface area contributed by atoms with Crippen LogP contribution < -0.4 is 10.5 Å². The van der Waals surface area contributed by atoms with Crippen LogP contribution in [0.25, 0.3) is 0 Å². The van der Waals surface area contributed by atoms with E-state index in [9.17, 15) is 34.8 Å². The minimum atomic E-state index is -2.08. The Morgan fingerprint density at radius 2 is 1.76 bits per heavy atom. The van der Waals surface area contributed by atoms with Gasteiger partial charge in [0.15, 0.2) is 17.9 Å². The maximum Gasteiger partial charge on any atom is 0.202 e.